The molecule has 0 radical (unpaired) electrons. The Bertz CT molecular complexity index is 512. The maximum absolute atomic E-state index is 13.5. The molecular weight excluding hydrogens is 299 g/mol. The molecule has 0 aromatic heterocycles. The third-order valence-electron chi connectivity index (χ3n) is 3.89. The largest absolute Gasteiger partial charge is 0.384 e. The van der Waals surface area contributed by atoms with Crippen molar-refractivity contribution in [3.05, 3.63) is 39.9 Å². The molecule has 1 aromatic rings. The number of nitrogens with zero attached hydrogens (tertiary/aromatic N) is 1. The summed E-state index contributed by atoms with van der Waals surface area (Å²) in [6, 6.07) is 5.13. The van der Waals surface area contributed by atoms with Gasteiger partial charge in [0.15, 0.2) is 0 Å². The summed E-state index contributed by atoms with van der Waals surface area (Å²) in [6.45, 7) is -1.03. The van der Waals surface area contributed by atoms with E-state index >= 15 is 0 Å². The lowest BCUT2D eigenvalue weighted by molar-refractivity contribution is -0.387. The number of nitro groups is 1. The molecule has 1 unspecified atom stereocenters. The topological polar surface area (TPSA) is 63.4 Å². The van der Waals surface area contributed by atoms with Crippen LogP contribution >= 0.6 is 0 Å². The molecule has 0 aliphatic heterocycles. The fourth-order valence-corrected chi connectivity index (χ4v) is 2.62. The Morgan fingerprint density at radius 1 is 1.18 bits per heavy atom. The molecule has 0 amide bonds. The predicted octanol–water partition coefficient (Wildman–Crippen LogP) is 3.72. The smallest absolute Gasteiger partial charge is 0.275 e. The Morgan fingerprint density at radius 3 is 2.09 bits per heavy atom. The quantitative estimate of drug-likeness (QED) is 0.586. The summed E-state index contributed by atoms with van der Waals surface area (Å²) in [5.41, 5.74) is -5.42. The van der Waals surface area contributed by atoms with Crippen LogP contribution in [0.5, 0.6) is 0 Å². The van der Waals surface area contributed by atoms with Crippen molar-refractivity contribution in [2.24, 2.45) is 11.3 Å². The van der Waals surface area contributed by atoms with E-state index in [1.807, 2.05) is 0 Å². The van der Waals surface area contributed by atoms with Gasteiger partial charge in [-0.1, -0.05) is 26.0 Å². The van der Waals surface area contributed by atoms with Crippen molar-refractivity contribution in [1.82, 2.24) is 0 Å². The van der Waals surface area contributed by atoms with E-state index in [0.29, 0.717) is 0 Å². The van der Waals surface area contributed by atoms with E-state index in [1.165, 1.54) is 18.2 Å². The second-order valence-electron chi connectivity index (χ2n) is 5.91. The lowest BCUT2D eigenvalue weighted by Crippen LogP contribution is -2.52. The number of nitro benzene ring substituents is 1. The first-order valence-electron chi connectivity index (χ1n) is 6.92. The molecule has 1 N–H and O–H groups in total. The van der Waals surface area contributed by atoms with Gasteiger partial charge in [0, 0.05) is 6.07 Å². The zero-order valence-electron chi connectivity index (χ0n) is 12.6. The van der Waals surface area contributed by atoms with Crippen LogP contribution in [0.15, 0.2) is 24.3 Å². The van der Waals surface area contributed by atoms with Crippen molar-refractivity contribution in [2.45, 2.75) is 25.9 Å². The van der Waals surface area contributed by atoms with Crippen LogP contribution in [0.3, 0.4) is 0 Å². The maximum Gasteiger partial charge on any atom is 0.275 e. The highest BCUT2D eigenvalue weighted by atomic mass is 19.1. The van der Waals surface area contributed by atoms with Gasteiger partial charge < -0.3 is 5.11 Å². The molecule has 0 aliphatic rings. The molecule has 1 rings (SSSR count). The van der Waals surface area contributed by atoms with Gasteiger partial charge in [-0.15, -0.1) is 0 Å². The number of aliphatic hydroxyl groups is 1. The minimum atomic E-state index is -2.36. The van der Waals surface area contributed by atoms with Gasteiger partial charge >= 0.3 is 0 Å². The summed E-state index contributed by atoms with van der Waals surface area (Å²) in [5.74, 6) is -0.256. The van der Waals surface area contributed by atoms with Crippen molar-refractivity contribution in [3.63, 3.8) is 0 Å². The van der Waals surface area contributed by atoms with Gasteiger partial charge in [-0.3, -0.25) is 23.3 Å². The van der Waals surface area contributed by atoms with Gasteiger partial charge in [0.25, 0.3) is 5.69 Å². The monoisotopic (exact) mass is 319 g/mol. The Morgan fingerprint density at radius 2 is 1.68 bits per heavy atom. The molecule has 1 aromatic carbocycles. The first-order valence-corrected chi connectivity index (χ1v) is 6.92. The van der Waals surface area contributed by atoms with Gasteiger partial charge in [0.2, 0.25) is 0 Å². The van der Waals surface area contributed by atoms with Crippen molar-refractivity contribution < 1.29 is 23.2 Å². The van der Waals surface area contributed by atoms with E-state index in [2.05, 4.69) is 0 Å². The van der Waals surface area contributed by atoms with Crippen LogP contribution in [0.4, 0.5) is 18.9 Å². The minimum absolute atomic E-state index is 0.199. The SMILES string of the molecule is CC(C)CC(O)(c1ccccc1[N+](=O)[O-])C(CF)(CF)CF. The van der Waals surface area contributed by atoms with Crippen LogP contribution < -0.4 is 0 Å². The van der Waals surface area contributed by atoms with Crippen LogP contribution in [-0.4, -0.2) is 30.1 Å². The standard InChI is InChI=1S/C15H20F3NO3/c1-11(2)7-15(20,14(8-16,9-17)10-18)12-5-3-4-6-13(12)19(21)22/h3-6,11,20H,7-10H2,1-2H3. The molecule has 0 heterocycles. The highest BCUT2D eigenvalue weighted by molar-refractivity contribution is 5.45. The first-order chi connectivity index (χ1) is 10.3. The van der Waals surface area contributed by atoms with E-state index in [9.17, 15) is 28.4 Å². The average Bonchev–Trinajstić information content (AvgIpc) is 2.48. The average molecular weight is 319 g/mol. The first kappa shape index (κ1) is 18.4. The summed E-state index contributed by atoms with van der Waals surface area (Å²) >= 11 is 0. The summed E-state index contributed by atoms with van der Waals surface area (Å²) < 4.78 is 40.4. The van der Waals surface area contributed by atoms with Crippen LogP contribution in [0.2, 0.25) is 0 Å². The number of alkyl halides is 3. The molecule has 1 atom stereocenters. The van der Waals surface area contributed by atoms with Crippen molar-refractivity contribution >= 4 is 5.69 Å². The molecule has 7 heteroatoms. The molecule has 0 bridgehead atoms. The van der Waals surface area contributed by atoms with Gasteiger partial charge in [-0.05, 0) is 18.4 Å². The molecule has 0 saturated heterocycles. The zero-order valence-corrected chi connectivity index (χ0v) is 12.6. The number of rotatable bonds is 8. The maximum atomic E-state index is 13.5. The molecule has 4 nitrogen and oxygen atoms in total. The fourth-order valence-electron chi connectivity index (χ4n) is 2.62. The summed E-state index contributed by atoms with van der Waals surface area (Å²) in [4.78, 5) is 10.4. The van der Waals surface area contributed by atoms with Crippen molar-refractivity contribution in [2.75, 3.05) is 20.0 Å². The van der Waals surface area contributed by atoms with Crippen LogP contribution in [-0.2, 0) is 5.60 Å². The minimum Gasteiger partial charge on any atom is -0.384 e. The Labute approximate surface area is 127 Å². The van der Waals surface area contributed by atoms with Crippen LogP contribution in [0, 0.1) is 21.4 Å². The second-order valence-corrected chi connectivity index (χ2v) is 5.91. The van der Waals surface area contributed by atoms with Crippen molar-refractivity contribution in [1.29, 1.82) is 0 Å². The third kappa shape index (κ3) is 3.09. The van der Waals surface area contributed by atoms with Gasteiger partial charge in [-0.25, -0.2) is 0 Å². The Balaban J connectivity index is 3.63. The molecular formula is C15H20F3NO3. The van der Waals surface area contributed by atoms with Crippen molar-refractivity contribution in [3.8, 4) is 0 Å². The van der Waals surface area contributed by atoms with E-state index in [-0.39, 0.29) is 17.9 Å². The van der Waals surface area contributed by atoms with Crippen LogP contribution in [0.25, 0.3) is 0 Å². The molecule has 0 saturated carbocycles. The predicted molar refractivity (Wildman–Crippen MR) is 76.8 cm³/mol. The van der Waals surface area contributed by atoms with E-state index in [4.69, 9.17) is 0 Å². The number of hydrogen-bond acceptors (Lipinski definition) is 3. The van der Waals surface area contributed by atoms with Gasteiger partial charge in [-0.2, -0.15) is 0 Å². The molecule has 0 spiro atoms. The van der Waals surface area contributed by atoms with E-state index in [0.717, 1.165) is 6.07 Å². The van der Waals surface area contributed by atoms with E-state index in [1.54, 1.807) is 13.8 Å². The van der Waals surface area contributed by atoms with Gasteiger partial charge in [0.1, 0.15) is 25.6 Å². The molecule has 22 heavy (non-hydrogen) atoms. The Kier molecular flexibility index (Phi) is 5.93. The highest BCUT2D eigenvalue weighted by Crippen LogP contribution is 2.48. The summed E-state index contributed by atoms with van der Waals surface area (Å²) in [6.07, 6.45) is -0.199. The summed E-state index contributed by atoms with van der Waals surface area (Å²) in [7, 11) is 0. The number of benzene rings is 1. The van der Waals surface area contributed by atoms with Crippen LogP contribution in [0.1, 0.15) is 25.8 Å². The van der Waals surface area contributed by atoms with Gasteiger partial charge in [0.05, 0.1) is 15.9 Å². The lowest BCUT2D eigenvalue weighted by atomic mass is 9.66. The zero-order chi connectivity index (χ0) is 17.0. The van der Waals surface area contributed by atoms with E-state index < -0.39 is 41.7 Å². The number of halogens is 3. The lowest BCUT2D eigenvalue weighted by Gasteiger charge is -2.43. The molecule has 0 fully saturated rings. The molecule has 124 valence electrons. The molecule has 0 aliphatic carbocycles. The number of hydrogen-bond donors (Lipinski definition) is 1. The summed E-state index contributed by atoms with van der Waals surface area (Å²) in [5, 5.41) is 22.1. The second kappa shape index (κ2) is 7.09. The number of para-hydroxylation sites is 1. The highest BCUT2D eigenvalue weighted by Gasteiger charge is 2.55. The third-order valence-corrected chi connectivity index (χ3v) is 3.89. The Hall–Kier alpha value is -1.63. The normalized spacial score (nSPS) is 14.9. The fraction of sp³-hybridized carbons (Fsp3) is 0.600.